The summed E-state index contributed by atoms with van der Waals surface area (Å²) in [7, 11) is 0. The first-order chi connectivity index (χ1) is 11.7. The number of rotatable bonds is 9. The molecular formula is C20H27ClN2O2. The van der Waals surface area contributed by atoms with Crippen LogP contribution in [0, 0.1) is 0 Å². The molecule has 25 heavy (non-hydrogen) atoms. The standard InChI is InChI=1S/C20H26N2O2.ClH/c1-16(18-11-6-3-7-12-18)24-14-8-13-22-20(23)19(21)15-17-9-4-2-5-10-17;/h2-7,9-12,16,19H,8,13-15,21H2,1H3,(H,22,23);1H. The van der Waals surface area contributed by atoms with Crippen molar-refractivity contribution in [2.24, 2.45) is 5.73 Å². The van der Waals surface area contributed by atoms with Crippen molar-refractivity contribution < 1.29 is 9.53 Å². The summed E-state index contributed by atoms with van der Waals surface area (Å²) in [5.41, 5.74) is 8.17. The van der Waals surface area contributed by atoms with Crippen molar-refractivity contribution in [2.45, 2.75) is 31.9 Å². The fraction of sp³-hybridized carbons (Fsp3) is 0.350. The van der Waals surface area contributed by atoms with E-state index in [2.05, 4.69) is 17.4 Å². The molecule has 0 saturated heterocycles. The predicted octanol–water partition coefficient (Wildman–Crippen LogP) is 3.26. The van der Waals surface area contributed by atoms with Gasteiger partial charge in [-0.1, -0.05) is 60.7 Å². The molecule has 0 aromatic heterocycles. The van der Waals surface area contributed by atoms with Crippen LogP contribution in [-0.4, -0.2) is 25.1 Å². The van der Waals surface area contributed by atoms with Crippen LogP contribution in [0.25, 0.3) is 0 Å². The molecule has 3 N–H and O–H groups in total. The maximum atomic E-state index is 12.0. The van der Waals surface area contributed by atoms with Crippen molar-refractivity contribution in [2.75, 3.05) is 13.2 Å². The second kappa shape index (κ2) is 11.6. The summed E-state index contributed by atoms with van der Waals surface area (Å²) in [6.45, 7) is 3.21. The summed E-state index contributed by atoms with van der Waals surface area (Å²) in [5, 5.41) is 2.87. The summed E-state index contributed by atoms with van der Waals surface area (Å²) < 4.78 is 5.78. The van der Waals surface area contributed by atoms with Gasteiger partial charge in [-0.15, -0.1) is 12.4 Å². The summed E-state index contributed by atoms with van der Waals surface area (Å²) in [6, 6.07) is 19.4. The molecule has 0 bridgehead atoms. The van der Waals surface area contributed by atoms with Gasteiger partial charge in [0.05, 0.1) is 12.1 Å². The zero-order valence-electron chi connectivity index (χ0n) is 14.6. The number of halogens is 1. The highest BCUT2D eigenvalue weighted by Gasteiger charge is 2.13. The first-order valence-corrected chi connectivity index (χ1v) is 8.40. The molecule has 0 aliphatic heterocycles. The Labute approximate surface area is 156 Å². The largest absolute Gasteiger partial charge is 0.374 e. The molecule has 0 radical (unpaired) electrons. The number of carbonyl (C=O) groups is 1. The van der Waals surface area contributed by atoms with E-state index in [-0.39, 0.29) is 24.4 Å². The van der Waals surface area contributed by atoms with E-state index in [1.54, 1.807) is 0 Å². The van der Waals surface area contributed by atoms with E-state index in [1.807, 2.05) is 55.5 Å². The molecule has 2 aromatic rings. The zero-order chi connectivity index (χ0) is 17.2. The molecule has 0 spiro atoms. The van der Waals surface area contributed by atoms with Gasteiger partial charge in [-0.25, -0.2) is 0 Å². The molecule has 0 fully saturated rings. The number of nitrogens with two attached hydrogens (primary N) is 1. The number of ether oxygens (including phenoxy) is 1. The van der Waals surface area contributed by atoms with E-state index in [9.17, 15) is 4.79 Å². The van der Waals surface area contributed by atoms with Gasteiger partial charge in [-0.3, -0.25) is 4.79 Å². The van der Waals surface area contributed by atoms with Crippen molar-refractivity contribution in [3.05, 3.63) is 71.8 Å². The van der Waals surface area contributed by atoms with Crippen LogP contribution < -0.4 is 11.1 Å². The number of carbonyl (C=O) groups excluding carboxylic acids is 1. The third kappa shape index (κ3) is 7.69. The molecule has 2 rings (SSSR count). The molecule has 2 atom stereocenters. The lowest BCUT2D eigenvalue weighted by Gasteiger charge is -2.15. The number of hydrogen-bond donors (Lipinski definition) is 2. The predicted molar refractivity (Wildman–Crippen MR) is 104 cm³/mol. The number of benzene rings is 2. The van der Waals surface area contributed by atoms with Crippen molar-refractivity contribution in [1.82, 2.24) is 5.32 Å². The lowest BCUT2D eigenvalue weighted by Crippen LogP contribution is -2.42. The molecule has 0 saturated carbocycles. The van der Waals surface area contributed by atoms with Crippen LogP contribution in [0.4, 0.5) is 0 Å². The van der Waals surface area contributed by atoms with Gasteiger partial charge in [0.25, 0.3) is 0 Å². The fourth-order valence-corrected chi connectivity index (χ4v) is 2.46. The van der Waals surface area contributed by atoms with Crippen molar-refractivity contribution >= 4 is 18.3 Å². The van der Waals surface area contributed by atoms with Crippen LogP contribution in [0.1, 0.15) is 30.6 Å². The molecule has 2 aromatic carbocycles. The first-order valence-electron chi connectivity index (χ1n) is 8.40. The lowest BCUT2D eigenvalue weighted by molar-refractivity contribution is -0.122. The molecule has 4 nitrogen and oxygen atoms in total. The lowest BCUT2D eigenvalue weighted by atomic mass is 10.1. The van der Waals surface area contributed by atoms with Gasteiger partial charge in [0.15, 0.2) is 0 Å². The Hall–Kier alpha value is -1.88. The molecule has 2 unspecified atom stereocenters. The monoisotopic (exact) mass is 362 g/mol. The van der Waals surface area contributed by atoms with Crippen LogP contribution in [0.15, 0.2) is 60.7 Å². The van der Waals surface area contributed by atoms with E-state index in [0.717, 1.165) is 17.5 Å². The fourth-order valence-electron chi connectivity index (χ4n) is 2.46. The van der Waals surface area contributed by atoms with Gasteiger partial charge in [-0.05, 0) is 30.9 Å². The van der Waals surface area contributed by atoms with Crippen LogP contribution in [-0.2, 0) is 16.0 Å². The normalized spacial score (nSPS) is 12.7. The van der Waals surface area contributed by atoms with Gasteiger partial charge in [0.1, 0.15) is 0 Å². The minimum Gasteiger partial charge on any atom is -0.374 e. The summed E-state index contributed by atoms with van der Waals surface area (Å²) in [4.78, 5) is 12.0. The van der Waals surface area contributed by atoms with Crippen LogP contribution in [0.3, 0.4) is 0 Å². The molecule has 5 heteroatoms. The average Bonchev–Trinajstić information content (AvgIpc) is 2.62. The van der Waals surface area contributed by atoms with Gasteiger partial charge >= 0.3 is 0 Å². The van der Waals surface area contributed by atoms with Gasteiger partial charge in [0, 0.05) is 13.2 Å². The Bertz CT molecular complexity index is 608. The van der Waals surface area contributed by atoms with Crippen molar-refractivity contribution in [3.8, 4) is 0 Å². The Morgan fingerprint density at radius 3 is 2.32 bits per heavy atom. The van der Waals surface area contributed by atoms with Crippen molar-refractivity contribution in [3.63, 3.8) is 0 Å². The molecule has 0 heterocycles. The maximum Gasteiger partial charge on any atom is 0.237 e. The number of hydrogen-bond acceptors (Lipinski definition) is 3. The highest BCUT2D eigenvalue weighted by Crippen LogP contribution is 2.15. The van der Waals surface area contributed by atoms with Gasteiger partial charge in [0.2, 0.25) is 5.91 Å². The Balaban J connectivity index is 0.00000312. The summed E-state index contributed by atoms with van der Waals surface area (Å²) >= 11 is 0. The molecule has 0 aliphatic carbocycles. The highest BCUT2D eigenvalue weighted by atomic mass is 35.5. The van der Waals surface area contributed by atoms with E-state index >= 15 is 0 Å². The third-order valence-electron chi connectivity index (χ3n) is 3.89. The zero-order valence-corrected chi connectivity index (χ0v) is 15.4. The van der Waals surface area contributed by atoms with Crippen molar-refractivity contribution in [1.29, 1.82) is 0 Å². The average molecular weight is 363 g/mol. The summed E-state index contributed by atoms with van der Waals surface area (Å²) in [5.74, 6) is -0.116. The second-order valence-corrected chi connectivity index (χ2v) is 5.86. The smallest absolute Gasteiger partial charge is 0.237 e. The minimum atomic E-state index is -0.517. The second-order valence-electron chi connectivity index (χ2n) is 5.86. The van der Waals surface area contributed by atoms with E-state index in [0.29, 0.717) is 19.6 Å². The molecular weight excluding hydrogens is 336 g/mol. The Kier molecular flexibility index (Phi) is 9.85. The SMILES string of the molecule is CC(OCCCNC(=O)C(N)Cc1ccccc1)c1ccccc1.Cl. The quantitative estimate of drug-likeness (QED) is 0.673. The topological polar surface area (TPSA) is 64.3 Å². The number of nitrogens with one attached hydrogen (secondary N) is 1. The maximum absolute atomic E-state index is 12.0. The third-order valence-corrected chi connectivity index (χ3v) is 3.89. The molecule has 0 aliphatic rings. The van der Waals surface area contributed by atoms with Crippen LogP contribution in [0.5, 0.6) is 0 Å². The summed E-state index contributed by atoms with van der Waals surface area (Å²) in [6.07, 6.45) is 1.37. The van der Waals surface area contributed by atoms with E-state index < -0.39 is 6.04 Å². The minimum absolute atomic E-state index is 0. The van der Waals surface area contributed by atoms with Gasteiger partial charge in [-0.2, -0.15) is 0 Å². The van der Waals surface area contributed by atoms with E-state index in [1.165, 1.54) is 0 Å². The molecule has 1 amide bonds. The van der Waals surface area contributed by atoms with Crippen LogP contribution >= 0.6 is 12.4 Å². The first kappa shape index (κ1) is 21.2. The van der Waals surface area contributed by atoms with Crippen LogP contribution in [0.2, 0.25) is 0 Å². The Morgan fingerprint density at radius 1 is 1.08 bits per heavy atom. The molecule has 136 valence electrons. The van der Waals surface area contributed by atoms with Gasteiger partial charge < -0.3 is 15.8 Å². The highest BCUT2D eigenvalue weighted by molar-refractivity contribution is 5.85. The number of amides is 1. The Morgan fingerprint density at radius 2 is 1.68 bits per heavy atom. The van der Waals surface area contributed by atoms with E-state index in [4.69, 9.17) is 10.5 Å².